The molecule has 2 N–H and O–H groups in total. The summed E-state index contributed by atoms with van der Waals surface area (Å²) in [5, 5.41) is 4.14. The predicted octanol–water partition coefficient (Wildman–Crippen LogP) is 3.69. The van der Waals surface area contributed by atoms with Crippen molar-refractivity contribution in [1.29, 1.82) is 0 Å². The Hall–Kier alpha value is -1.41. The van der Waals surface area contributed by atoms with Crippen LogP contribution in [0.5, 0.6) is 0 Å². The summed E-state index contributed by atoms with van der Waals surface area (Å²) in [7, 11) is 0. The number of carbonyl (C=O) groups is 2. The first-order valence-corrected chi connectivity index (χ1v) is 7.56. The zero-order valence-corrected chi connectivity index (χ0v) is 13.3. The van der Waals surface area contributed by atoms with Gasteiger partial charge in [0.05, 0.1) is 16.3 Å². The van der Waals surface area contributed by atoms with Crippen LogP contribution in [0.15, 0.2) is 23.1 Å². The second-order valence-corrected chi connectivity index (χ2v) is 6.06. The predicted molar refractivity (Wildman–Crippen MR) is 79.0 cm³/mol. The molecule has 0 saturated heterocycles. The van der Waals surface area contributed by atoms with Crippen molar-refractivity contribution in [2.45, 2.75) is 31.0 Å². The number of urea groups is 1. The molecule has 0 radical (unpaired) electrons. The average molecular weight is 355 g/mol. The van der Waals surface area contributed by atoms with Crippen molar-refractivity contribution in [2.24, 2.45) is 0 Å². The molecule has 3 amide bonds. The second-order valence-electron chi connectivity index (χ2n) is 4.60. The van der Waals surface area contributed by atoms with Crippen LogP contribution in [0.4, 0.5) is 18.0 Å². The Morgan fingerprint density at radius 2 is 1.95 bits per heavy atom. The molecule has 0 aliphatic rings. The van der Waals surface area contributed by atoms with Crippen LogP contribution in [-0.4, -0.2) is 23.7 Å². The Kier molecular flexibility index (Phi) is 6.55. The van der Waals surface area contributed by atoms with Crippen LogP contribution in [0.25, 0.3) is 0 Å². The molecule has 0 aliphatic carbocycles. The Morgan fingerprint density at radius 1 is 1.32 bits per heavy atom. The topological polar surface area (TPSA) is 58.2 Å². The number of hydrogen-bond acceptors (Lipinski definition) is 3. The van der Waals surface area contributed by atoms with E-state index in [2.05, 4.69) is 10.6 Å². The monoisotopic (exact) mass is 354 g/mol. The van der Waals surface area contributed by atoms with Crippen molar-refractivity contribution in [2.75, 3.05) is 5.75 Å². The van der Waals surface area contributed by atoms with Crippen LogP contribution in [-0.2, 0) is 11.0 Å². The highest BCUT2D eigenvalue weighted by Crippen LogP contribution is 2.36. The van der Waals surface area contributed by atoms with Gasteiger partial charge >= 0.3 is 12.2 Å². The van der Waals surface area contributed by atoms with Gasteiger partial charge in [0.2, 0.25) is 5.91 Å². The summed E-state index contributed by atoms with van der Waals surface area (Å²) < 4.78 is 38.1. The van der Waals surface area contributed by atoms with Crippen LogP contribution in [0.1, 0.15) is 19.4 Å². The van der Waals surface area contributed by atoms with Crippen molar-refractivity contribution < 1.29 is 22.8 Å². The van der Waals surface area contributed by atoms with E-state index in [9.17, 15) is 22.8 Å². The first kappa shape index (κ1) is 18.6. The quantitative estimate of drug-likeness (QED) is 0.811. The number of rotatable bonds is 4. The fourth-order valence-electron chi connectivity index (χ4n) is 1.42. The lowest BCUT2D eigenvalue weighted by Crippen LogP contribution is -2.43. The van der Waals surface area contributed by atoms with E-state index in [1.807, 2.05) is 0 Å². The molecular formula is C13H14ClF3N2O2S. The number of halogens is 4. The summed E-state index contributed by atoms with van der Waals surface area (Å²) >= 11 is 6.38. The maximum Gasteiger partial charge on any atom is 0.417 e. The Balaban J connectivity index is 2.62. The van der Waals surface area contributed by atoms with E-state index in [-0.39, 0.29) is 16.7 Å². The number of amides is 3. The highest BCUT2D eigenvalue weighted by Gasteiger charge is 2.33. The number of alkyl halides is 3. The average Bonchev–Trinajstić information content (AvgIpc) is 2.35. The molecule has 0 fully saturated rings. The van der Waals surface area contributed by atoms with E-state index in [0.717, 1.165) is 23.9 Å². The number of benzene rings is 1. The van der Waals surface area contributed by atoms with Gasteiger partial charge in [-0.3, -0.25) is 10.1 Å². The van der Waals surface area contributed by atoms with E-state index in [1.54, 1.807) is 13.8 Å². The lowest BCUT2D eigenvalue weighted by Gasteiger charge is -2.11. The molecule has 22 heavy (non-hydrogen) atoms. The summed E-state index contributed by atoms with van der Waals surface area (Å²) in [4.78, 5) is 23.0. The molecule has 1 rings (SSSR count). The SMILES string of the molecule is CC(C)NC(=O)NC(=O)CSc1ccc(Cl)c(C(F)(F)F)c1. The summed E-state index contributed by atoms with van der Waals surface area (Å²) in [6, 6.07) is 2.59. The molecule has 9 heteroatoms. The van der Waals surface area contributed by atoms with Gasteiger partial charge < -0.3 is 5.32 Å². The lowest BCUT2D eigenvalue weighted by molar-refractivity contribution is -0.137. The Bertz CT molecular complexity index is 565. The minimum Gasteiger partial charge on any atom is -0.336 e. The molecule has 0 spiro atoms. The maximum absolute atomic E-state index is 12.7. The molecule has 4 nitrogen and oxygen atoms in total. The normalized spacial score (nSPS) is 11.4. The van der Waals surface area contributed by atoms with Crippen molar-refractivity contribution >= 4 is 35.3 Å². The van der Waals surface area contributed by atoms with E-state index < -0.39 is 28.7 Å². The Labute approximate surface area is 134 Å². The summed E-state index contributed by atoms with van der Waals surface area (Å²) in [6.45, 7) is 3.45. The Morgan fingerprint density at radius 3 is 2.50 bits per heavy atom. The van der Waals surface area contributed by atoms with Gasteiger partial charge in [0.15, 0.2) is 0 Å². The van der Waals surface area contributed by atoms with Gasteiger partial charge in [0, 0.05) is 10.9 Å². The number of imide groups is 1. The zero-order valence-electron chi connectivity index (χ0n) is 11.8. The van der Waals surface area contributed by atoms with Gasteiger partial charge in [-0.05, 0) is 32.0 Å². The molecule has 1 aromatic rings. The van der Waals surface area contributed by atoms with Gasteiger partial charge in [-0.1, -0.05) is 11.6 Å². The van der Waals surface area contributed by atoms with E-state index in [0.29, 0.717) is 0 Å². The summed E-state index contributed by atoms with van der Waals surface area (Å²) in [5.41, 5.74) is -0.961. The molecule has 1 aromatic carbocycles. The maximum atomic E-state index is 12.7. The van der Waals surface area contributed by atoms with Gasteiger partial charge in [0.25, 0.3) is 0 Å². The van der Waals surface area contributed by atoms with Gasteiger partial charge in [-0.15, -0.1) is 11.8 Å². The van der Waals surface area contributed by atoms with Crippen molar-refractivity contribution in [3.63, 3.8) is 0 Å². The minimum absolute atomic E-state index is 0.133. The molecule has 0 bridgehead atoms. The molecule has 122 valence electrons. The van der Waals surface area contributed by atoms with Crippen LogP contribution < -0.4 is 10.6 Å². The smallest absolute Gasteiger partial charge is 0.336 e. The van der Waals surface area contributed by atoms with Crippen LogP contribution in [0.2, 0.25) is 5.02 Å². The highest BCUT2D eigenvalue weighted by atomic mass is 35.5. The minimum atomic E-state index is -4.56. The van der Waals surface area contributed by atoms with E-state index >= 15 is 0 Å². The lowest BCUT2D eigenvalue weighted by atomic mass is 10.2. The van der Waals surface area contributed by atoms with Crippen molar-refractivity contribution in [1.82, 2.24) is 10.6 Å². The molecule has 0 aromatic heterocycles. The van der Waals surface area contributed by atoms with Crippen molar-refractivity contribution in [3.05, 3.63) is 28.8 Å². The highest BCUT2D eigenvalue weighted by molar-refractivity contribution is 8.00. The van der Waals surface area contributed by atoms with Crippen LogP contribution >= 0.6 is 23.4 Å². The van der Waals surface area contributed by atoms with Gasteiger partial charge in [0.1, 0.15) is 0 Å². The number of thioether (sulfide) groups is 1. The first-order valence-electron chi connectivity index (χ1n) is 6.19. The molecule has 0 heterocycles. The van der Waals surface area contributed by atoms with E-state index in [4.69, 9.17) is 11.6 Å². The molecule has 0 unspecified atom stereocenters. The second kappa shape index (κ2) is 7.73. The largest absolute Gasteiger partial charge is 0.417 e. The third-order valence-electron chi connectivity index (χ3n) is 2.29. The molecule has 0 atom stereocenters. The molecule has 0 aliphatic heterocycles. The van der Waals surface area contributed by atoms with Crippen molar-refractivity contribution in [3.8, 4) is 0 Å². The zero-order chi connectivity index (χ0) is 16.9. The number of nitrogens with one attached hydrogen (secondary N) is 2. The number of carbonyl (C=O) groups excluding carboxylic acids is 2. The molecule has 0 saturated carbocycles. The fraction of sp³-hybridized carbons (Fsp3) is 0.385. The van der Waals surface area contributed by atoms with Crippen LogP contribution in [0, 0.1) is 0 Å². The first-order chi connectivity index (χ1) is 10.1. The molecular weight excluding hydrogens is 341 g/mol. The fourth-order valence-corrected chi connectivity index (χ4v) is 2.38. The third-order valence-corrected chi connectivity index (χ3v) is 3.61. The van der Waals surface area contributed by atoms with E-state index in [1.165, 1.54) is 6.07 Å². The third kappa shape index (κ3) is 6.15. The summed E-state index contributed by atoms with van der Waals surface area (Å²) in [5.74, 6) is -0.795. The standard InChI is InChI=1S/C13H14ClF3N2O2S/c1-7(2)18-12(21)19-11(20)6-22-8-3-4-10(14)9(5-8)13(15,16)17/h3-5,7H,6H2,1-2H3,(H2,18,19,20,21). The van der Waals surface area contributed by atoms with Gasteiger partial charge in [-0.2, -0.15) is 13.2 Å². The summed E-state index contributed by atoms with van der Waals surface area (Å²) in [6.07, 6.45) is -4.56. The van der Waals surface area contributed by atoms with Gasteiger partial charge in [-0.25, -0.2) is 4.79 Å². The number of hydrogen-bond donors (Lipinski definition) is 2. The van der Waals surface area contributed by atoms with Crippen LogP contribution in [0.3, 0.4) is 0 Å².